The lowest BCUT2D eigenvalue weighted by atomic mass is 10.0. The van der Waals surface area contributed by atoms with Crippen LogP contribution in [0.15, 0.2) is 47.4 Å². The highest BCUT2D eigenvalue weighted by Gasteiger charge is 2.32. The molecular weight excluding hydrogens is 566 g/mol. The van der Waals surface area contributed by atoms with Crippen LogP contribution in [0.5, 0.6) is 5.75 Å². The van der Waals surface area contributed by atoms with Crippen molar-refractivity contribution in [1.82, 2.24) is 9.21 Å². The smallest absolute Gasteiger partial charge is 0.258 e. The average Bonchev–Trinajstić information content (AvgIpc) is 2.93. The van der Waals surface area contributed by atoms with Crippen molar-refractivity contribution >= 4 is 33.2 Å². The van der Waals surface area contributed by atoms with Gasteiger partial charge in [0.15, 0.2) is 0 Å². The van der Waals surface area contributed by atoms with Gasteiger partial charge < -0.3 is 24.4 Å². The van der Waals surface area contributed by atoms with E-state index in [-0.39, 0.29) is 42.5 Å². The Morgan fingerprint density at radius 3 is 2.41 bits per heavy atom. The molecule has 0 spiro atoms. The molecule has 41 heavy (non-hydrogen) atoms. The number of hydrogen-bond acceptors (Lipinski definition) is 7. The van der Waals surface area contributed by atoms with Crippen LogP contribution >= 0.6 is 11.6 Å². The lowest BCUT2D eigenvalue weighted by Crippen LogP contribution is -2.48. The topological polar surface area (TPSA) is 99.6 Å². The lowest BCUT2D eigenvalue weighted by Gasteiger charge is -2.35. The zero-order valence-corrected chi connectivity index (χ0v) is 26.5. The molecule has 0 saturated heterocycles. The first kappa shape index (κ1) is 33.1. The molecule has 1 heterocycles. The van der Waals surface area contributed by atoms with Crippen LogP contribution in [-0.2, 0) is 14.8 Å². The summed E-state index contributed by atoms with van der Waals surface area (Å²) < 4.78 is 40.5. The standard InChI is InChI=1S/C30H44ClN3O6S/c1-21-18-34(22(2)20-35)30(36)27-17-25(32(4)5)12-15-28(27)40-23(3)9-7-8-16-39-29(21)19-33(6)41(37,38)26-13-10-24(31)11-14-26/h10-15,17,21-23,29,35H,7-9,16,18-20H2,1-6H3/t21-,22+,23-,29+/m0/s1. The molecule has 0 saturated carbocycles. The fraction of sp³-hybridized carbons (Fsp3) is 0.567. The van der Waals surface area contributed by atoms with E-state index in [0.29, 0.717) is 22.9 Å². The molecule has 1 aliphatic heterocycles. The molecule has 0 fully saturated rings. The maximum absolute atomic E-state index is 14.1. The van der Waals surface area contributed by atoms with Crippen LogP contribution in [0.1, 0.15) is 50.4 Å². The largest absolute Gasteiger partial charge is 0.490 e. The van der Waals surface area contributed by atoms with Gasteiger partial charge in [-0.2, -0.15) is 4.31 Å². The maximum atomic E-state index is 14.1. The summed E-state index contributed by atoms with van der Waals surface area (Å²) in [4.78, 5) is 17.8. The Balaban J connectivity index is 1.96. The van der Waals surface area contributed by atoms with Crippen molar-refractivity contribution in [3.8, 4) is 5.75 Å². The molecule has 4 atom stereocenters. The highest BCUT2D eigenvalue weighted by molar-refractivity contribution is 7.89. The van der Waals surface area contributed by atoms with Crippen molar-refractivity contribution in [2.45, 2.75) is 63.2 Å². The van der Waals surface area contributed by atoms with Gasteiger partial charge in [0.05, 0.1) is 35.3 Å². The fourth-order valence-corrected chi connectivity index (χ4v) is 6.10. The molecule has 11 heteroatoms. The van der Waals surface area contributed by atoms with Gasteiger partial charge in [0.2, 0.25) is 10.0 Å². The van der Waals surface area contributed by atoms with Gasteiger partial charge in [0.1, 0.15) is 5.75 Å². The number of aliphatic hydroxyl groups is 1. The van der Waals surface area contributed by atoms with Crippen LogP contribution in [0.2, 0.25) is 5.02 Å². The van der Waals surface area contributed by atoms with Crippen LogP contribution in [0.4, 0.5) is 5.69 Å². The summed E-state index contributed by atoms with van der Waals surface area (Å²) in [5, 5.41) is 10.6. The lowest BCUT2D eigenvalue weighted by molar-refractivity contribution is -0.00833. The minimum absolute atomic E-state index is 0.0997. The van der Waals surface area contributed by atoms with Crippen molar-refractivity contribution < 1.29 is 27.8 Å². The summed E-state index contributed by atoms with van der Waals surface area (Å²) in [5.41, 5.74) is 1.28. The molecule has 1 aliphatic rings. The van der Waals surface area contributed by atoms with Gasteiger partial charge in [-0.25, -0.2) is 8.42 Å². The molecule has 0 aliphatic carbocycles. The Hall–Kier alpha value is -2.37. The van der Waals surface area contributed by atoms with Crippen molar-refractivity contribution in [2.75, 3.05) is 52.3 Å². The van der Waals surface area contributed by atoms with E-state index in [9.17, 15) is 18.3 Å². The second-order valence-corrected chi connectivity index (χ2v) is 13.6. The van der Waals surface area contributed by atoms with Crippen LogP contribution < -0.4 is 9.64 Å². The van der Waals surface area contributed by atoms with Gasteiger partial charge in [0, 0.05) is 57.5 Å². The molecule has 1 N–H and O–H groups in total. The van der Waals surface area contributed by atoms with E-state index in [1.165, 1.54) is 23.5 Å². The van der Waals surface area contributed by atoms with Crippen molar-refractivity contribution in [3.05, 3.63) is 53.1 Å². The number of carbonyl (C=O) groups excluding carboxylic acids is 1. The number of amides is 1. The van der Waals surface area contributed by atoms with Gasteiger partial charge in [-0.1, -0.05) is 18.5 Å². The number of nitrogens with zero attached hydrogens (tertiary/aromatic N) is 3. The van der Waals surface area contributed by atoms with E-state index in [4.69, 9.17) is 21.1 Å². The van der Waals surface area contributed by atoms with Gasteiger partial charge in [-0.05, 0) is 75.6 Å². The summed E-state index contributed by atoms with van der Waals surface area (Å²) in [5.74, 6) is -0.00382. The van der Waals surface area contributed by atoms with E-state index in [2.05, 4.69) is 0 Å². The summed E-state index contributed by atoms with van der Waals surface area (Å²) in [6.07, 6.45) is 1.80. The summed E-state index contributed by atoms with van der Waals surface area (Å²) >= 11 is 5.96. The summed E-state index contributed by atoms with van der Waals surface area (Å²) in [6, 6.07) is 11.2. The number of sulfonamides is 1. The minimum Gasteiger partial charge on any atom is -0.490 e. The monoisotopic (exact) mass is 609 g/mol. The van der Waals surface area contributed by atoms with Crippen molar-refractivity contribution in [3.63, 3.8) is 0 Å². The molecule has 0 aromatic heterocycles. The van der Waals surface area contributed by atoms with Gasteiger partial charge in [0.25, 0.3) is 5.91 Å². The van der Waals surface area contributed by atoms with E-state index in [0.717, 1.165) is 24.9 Å². The Bertz CT molecular complexity index is 1260. The molecule has 3 rings (SSSR count). The molecule has 1 amide bonds. The number of ether oxygens (including phenoxy) is 2. The predicted octanol–water partition coefficient (Wildman–Crippen LogP) is 4.52. The number of fused-ring (bicyclic) bond motifs is 1. The van der Waals surface area contributed by atoms with Crippen LogP contribution in [0, 0.1) is 5.92 Å². The molecule has 228 valence electrons. The van der Waals surface area contributed by atoms with Crippen molar-refractivity contribution in [2.24, 2.45) is 5.92 Å². The average molecular weight is 610 g/mol. The van der Waals surface area contributed by atoms with E-state index in [1.807, 2.05) is 51.0 Å². The number of halogens is 1. The predicted molar refractivity (Wildman–Crippen MR) is 162 cm³/mol. The zero-order valence-electron chi connectivity index (χ0n) is 24.9. The Morgan fingerprint density at radius 1 is 1.10 bits per heavy atom. The summed E-state index contributed by atoms with van der Waals surface area (Å²) in [7, 11) is 1.55. The Morgan fingerprint density at radius 2 is 1.78 bits per heavy atom. The first-order chi connectivity index (χ1) is 19.3. The third kappa shape index (κ3) is 8.58. The number of carbonyl (C=O) groups is 1. The van der Waals surface area contributed by atoms with Crippen LogP contribution in [0.3, 0.4) is 0 Å². The third-order valence-corrected chi connectivity index (χ3v) is 9.60. The highest BCUT2D eigenvalue weighted by atomic mass is 35.5. The zero-order chi connectivity index (χ0) is 30.3. The summed E-state index contributed by atoms with van der Waals surface area (Å²) in [6.45, 7) is 6.29. The molecule has 9 nitrogen and oxygen atoms in total. The fourth-order valence-electron chi connectivity index (χ4n) is 4.79. The second kappa shape index (κ2) is 14.7. The molecule has 2 aromatic rings. The normalized spacial score (nSPS) is 22.0. The number of likely N-dealkylation sites (N-methyl/N-ethyl adjacent to an activating group) is 1. The van der Waals surface area contributed by atoms with E-state index < -0.39 is 22.2 Å². The van der Waals surface area contributed by atoms with Gasteiger partial charge in [-0.15, -0.1) is 0 Å². The van der Waals surface area contributed by atoms with E-state index >= 15 is 0 Å². The van der Waals surface area contributed by atoms with Gasteiger partial charge >= 0.3 is 0 Å². The first-order valence-corrected chi connectivity index (χ1v) is 15.9. The van der Waals surface area contributed by atoms with Crippen molar-refractivity contribution in [1.29, 1.82) is 0 Å². The van der Waals surface area contributed by atoms with Crippen LogP contribution in [-0.4, -0.2) is 94.3 Å². The molecule has 0 bridgehead atoms. The van der Waals surface area contributed by atoms with Gasteiger partial charge in [-0.3, -0.25) is 4.79 Å². The number of anilines is 1. The first-order valence-electron chi connectivity index (χ1n) is 14.1. The number of hydrogen-bond donors (Lipinski definition) is 1. The number of benzene rings is 2. The number of aliphatic hydroxyl groups excluding tert-OH is 1. The Kier molecular flexibility index (Phi) is 11.9. The van der Waals surface area contributed by atoms with E-state index in [1.54, 1.807) is 24.0 Å². The number of rotatable bonds is 7. The third-order valence-electron chi connectivity index (χ3n) is 7.51. The van der Waals surface area contributed by atoms with Crippen LogP contribution in [0.25, 0.3) is 0 Å². The molecule has 0 unspecified atom stereocenters. The second-order valence-electron chi connectivity index (χ2n) is 11.1. The SMILES string of the molecule is C[C@H](CO)N1C[C@H](C)[C@@H](CN(C)S(=O)(=O)c2ccc(Cl)cc2)OCCCC[C@H](C)Oc2ccc(N(C)C)cc2C1=O. The molecule has 0 radical (unpaired) electrons. The molecule has 2 aromatic carbocycles. The quantitative estimate of drug-likeness (QED) is 0.493. The minimum atomic E-state index is -3.79. The molecular formula is C30H44ClN3O6S. The highest BCUT2D eigenvalue weighted by Crippen LogP contribution is 2.29. The maximum Gasteiger partial charge on any atom is 0.258 e. The Labute approximate surface area is 250 Å².